The van der Waals surface area contributed by atoms with Crippen LogP contribution in [0.4, 0.5) is 0 Å². The minimum absolute atomic E-state index is 0.162. The molecule has 0 aromatic carbocycles. The van der Waals surface area contributed by atoms with E-state index in [0.717, 1.165) is 30.9 Å². The molecule has 1 N–H and O–H groups in total. The molecule has 0 heterocycles. The largest absolute Gasteiger partial charge is 0.497 e. The fraction of sp³-hybridized carbons (Fsp3) is 0.684. The summed E-state index contributed by atoms with van der Waals surface area (Å²) < 4.78 is 10.8. The van der Waals surface area contributed by atoms with E-state index in [1.54, 1.807) is 0 Å². The van der Waals surface area contributed by atoms with Gasteiger partial charge in [0.1, 0.15) is 0 Å². The maximum atomic E-state index is 12.6. The summed E-state index contributed by atoms with van der Waals surface area (Å²) in [5, 5.41) is 12.1. The molecule has 0 spiro atoms. The number of carbonyl (C=O) groups is 1. The topological polar surface area (TPSA) is 55.8 Å². The molecule has 0 radical (unpaired) electrons. The maximum Gasteiger partial charge on any atom is 0.250 e. The van der Waals surface area contributed by atoms with Gasteiger partial charge in [0, 0.05) is 5.57 Å². The van der Waals surface area contributed by atoms with Crippen molar-refractivity contribution < 1.29 is 19.4 Å². The number of hydrogen-bond acceptors (Lipinski definition) is 4. The summed E-state index contributed by atoms with van der Waals surface area (Å²) >= 11 is 0. The third-order valence-corrected chi connectivity index (χ3v) is 6.58. The van der Waals surface area contributed by atoms with E-state index in [1.165, 1.54) is 14.2 Å². The first-order valence-corrected chi connectivity index (χ1v) is 12.3. The second-order valence-corrected chi connectivity index (χ2v) is 12.4. The van der Waals surface area contributed by atoms with Gasteiger partial charge in [0.15, 0.2) is 11.5 Å². The molecule has 1 aliphatic rings. The van der Waals surface area contributed by atoms with Crippen molar-refractivity contribution in [1.29, 1.82) is 0 Å². The molecule has 1 atom stereocenters. The molecule has 0 amide bonds. The lowest BCUT2D eigenvalue weighted by Crippen LogP contribution is -2.53. The average Bonchev–Trinajstić information content (AvgIpc) is 2.52. The van der Waals surface area contributed by atoms with Crippen molar-refractivity contribution in [3.05, 3.63) is 28.0 Å². The molecule has 0 fully saturated rings. The van der Waals surface area contributed by atoms with Crippen LogP contribution in [0.2, 0.25) is 19.6 Å². The van der Waals surface area contributed by atoms with E-state index >= 15 is 0 Å². The Bertz CT molecular complexity index is 577. The second-order valence-electron chi connectivity index (χ2n) is 7.29. The van der Waals surface area contributed by atoms with E-state index in [1.807, 2.05) is 0 Å². The Kier molecular flexibility index (Phi) is 7.08. The highest BCUT2D eigenvalue weighted by atomic mass is 28.3. The summed E-state index contributed by atoms with van der Waals surface area (Å²) in [5.41, 5.74) is 2.00. The van der Waals surface area contributed by atoms with Crippen molar-refractivity contribution in [2.45, 2.75) is 71.2 Å². The maximum absolute atomic E-state index is 12.6. The van der Waals surface area contributed by atoms with E-state index in [0.29, 0.717) is 17.8 Å². The van der Waals surface area contributed by atoms with Gasteiger partial charge in [-0.2, -0.15) is 0 Å². The Morgan fingerprint density at radius 2 is 1.83 bits per heavy atom. The molecular weight excluding hydrogens is 320 g/mol. The molecule has 1 aliphatic carbocycles. The van der Waals surface area contributed by atoms with Crippen LogP contribution in [0.15, 0.2) is 28.0 Å². The molecule has 0 bridgehead atoms. The lowest BCUT2D eigenvalue weighted by molar-refractivity contribution is -0.139. The molecular formula is C19H32O4Si. The van der Waals surface area contributed by atoms with Gasteiger partial charge in [0.2, 0.25) is 5.78 Å². The van der Waals surface area contributed by atoms with Gasteiger partial charge < -0.3 is 14.6 Å². The van der Waals surface area contributed by atoms with E-state index in [2.05, 4.69) is 39.2 Å². The van der Waals surface area contributed by atoms with Crippen LogP contribution >= 0.6 is 0 Å². The first kappa shape index (κ1) is 20.8. The van der Waals surface area contributed by atoms with Gasteiger partial charge in [-0.05, 0) is 24.5 Å². The smallest absolute Gasteiger partial charge is 0.250 e. The molecule has 4 nitrogen and oxygen atoms in total. The molecule has 0 saturated heterocycles. The normalized spacial score (nSPS) is 20.4. The van der Waals surface area contributed by atoms with Gasteiger partial charge in [-0.15, -0.1) is 0 Å². The van der Waals surface area contributed by atoms with Crippen LogP contribution in [0, 0.1) is 0 Å². The first-order chi connectivity index (χ1) is 11.2. The SMILES string of the molecule is CCCCC1=C(OC)C(O)(C(=C=C(CCC)[Si](C)(C)C)OC)C1=O. The number of ketones is 1. The van der Waals surface area contributed by atoms with Crippen molar-refractivity contribution in [2.75, 3.05) is 14.2 Å². The number of aliphatic hydroxyl groups is 1. The molecule has 1 rings (SSSR count). The van der Waals surface area contributed by atoms with Gasteiger partial charge >= 0.3 is 0 Å². The van der Waals surface area contributed by atoms with Crippen LogP contribution in [0.5, 0.6) is 0 Å². The molecule has 0 aromatic rings. The summed E-state index contributed by atoms with van der Waals surface area (Å²) in [6, 6.07) is 0. The monoisotopic (exact) mass is 352 g/mol. The first-order valence-electron chi connectivity index (χ1n) is 8.77. The number of unbranched alkanes of at least 4 members (excludes halogenated alkanes) is 1. The third-order valence-electron chi connectivity index (χ3n) is 4.39. The van der Waals surface area contributed by atoms with Gasteiger partial charge in [-0.3, -0.25) is 4.79 Å². The van der Waals surface area contributed by atoms with Gasteiger partial charge in [0.25, 0.3) is 5.60 Å². The minimum Gasteiger partial charge on any atom is -0.497 e. The number of ether oxygens (including phenoxy) is 2. The van der Waals surface area contributed by atoms with Gasteiger partial charge in [0.05, 0.1) is 22.3 Å². The van der Waals surface area contributed by atoms with Crippen molar-refractivity contribution >= 4 is 13.9 Å². The summed E-state index contributed by atoms with van der Waals surface area (Å²) in [5.74, 6) is 0.163. The van der Waals surface area contributed by atoms with Crippen LogP contribution in [-0.4, -0.2) is 38.8 Å². The molecule has 1 unspecified atom stereocenters. The fourth-order valence-corrected chi connectivity index (χ4v) is 4.43. The predicted molar refractivity (Wildman–Crippen MR) is 99.3 cm³/mol. The summed E-state index contributed by atoms with van der Waals surface area (Å²) in [6.45, 7) is 10.9. The lowest BCUT2D eigenvalue weighted by Gasteiger charge is -2.38. The molecule has 0 saturated carbocycles. The Morgan fingerprint density at radius 1 is 1.21 bits per heavy atom. The van der Waals surface area contributed by atoms with Gasteiger partial charge in [-0.1, -0.05) is 52.1 Å². The highest BCUT2D eigenvalue weighted by Crippen LogP contribution is 2.43. The van der Waals surface area contributed by atoms with Crippen molar-refractivity contribution in [2.24, 2.45) is 0 Å². The summed E-state index contributed by atoms with van der Waals surface area (Å²) in [6.07, 6.45) is 4.38. The Labute approximate surface area is 147 Å². The number of carbonyl (C=O) groups excluding carboxylic acids is 1. The average molecular weight is 353 g/mol. The second kappa shape index (κ2) is 8.19. The Hall–Kier alpha value is -1.29. The zero-order valence-corrected chi connectivity index (χ0v) is 17.2. The minimum atomic E-state index is -1.81. The molecule has 0 aliphatic heterocycles. The molecule has 136 valence electrons. The van der Waals surface area contributed by atoms with Crippen molar-refractivity contribution in [1.82, 2.24) is 0 Å². The van der Waals surface area contributed by atoms with E-state index in [4.69, 9.17) is 9.47 Å². The predicted octanol–water partition coefficient (Wildman–Crippen LogP) is 4.12. The fourth-order valence-electron chi connectivity index (χ4n) is 2.94. The van der Waals surface area contributed by atoms with Crippen LogP contribution < -0.4 is 0 Å². The zero-order valence-electron chi connectivity index (χ0n) is 16.2. The van der Waals surface area contributed by atoms with Crippen LogP contribution in [0.25, 0.3) is 0 Å². The Morgan fingerprint density at radius 3 is 2.25 bits per heavy atom. The van der Waals surface area contributed by atoms with E-state index in [9.17, 15) is 9.90 Å². The number of methoxy groups -OCH3 is 2. The summed E-state index contributed by atoms with van der Waals surface area (Å²) in [7, 11) is 1.34. The number of rotatable bonds is 9. The highest BCUT2D eigenvalue weighted by Gasteiger charge is 2.58. The van der Waals surface area contributed by atoms with E-state index in [-0.39, 0.29) is 11.5 Å². The van der Waals surface area contributed by atoms with Crippen LogP contribution in [0.1, 0.15) is 46.0 Å². The van der Waals surface area contributed by atoms with Crippen molar-refractivity contribution in [3.63, 3.8) is 0 Å². The Balaban J connectivity index is 3.45. The zero-order chi connectivity index (χ0) is 18.5. The third kappa shape index (κ3) is 3.85. The van der Waals surface area contributed by atoms with Crippen LogP contribution in [-0.2, 0) is 14.3 Å². The van der Waals surface area contributed by atoms with Crippen LogP contribution in [0.3, 0.4) is 0 Å². The number of hydrogen-bond donors (Lipinski definition) is 1. The van der Waals surface area contributed by atoms with E-state index < -0.39 is 13.7 Å². The number of Topliss-reactive ketones (excluding diaryl/α,β-unsaturated/α-hetero) is 1. The molecule has 0 aromatic heterocycles. The highest BCUT2D eigenvalue weighted by molar-refractivity contribution is 6.83. The summed E-state index contributed by atoms with van der Waals surface area (Å²) in [4.78, 5) is 12.6. The molecule has 24 heavy (non-hydrogen) atoms. The lowest BCUT2D eigenvalue weighted by atomic mass is 9.74. The molecule has 5 heteroatoms. The van der Waals surface area contributed by atoms with Crippen molar-refractivity contribution in [3.8, 4) is 0 Å². The standard InChI is InChI=1S/C19H32O4Si/c1-8-10-12-15-17(20)19(21,18(15)23-4)16(22-3)13-14(11-9-2)24(5,6)7/h21H,8-12H2,1-7H3. The quantitative estimate of drug-likeness (QED) is 0.385. The van der Waals surface area contributed by atoms with Gasteiger partial charge in [-0.25, -0.2) is 0 Å².